The van der Waals surface area contributed by atoms with Gasteiger partial charge >= 0.3 is 0 Å². The highest BCUT2D eigenvalue weighted by Crippen LogP contribution is 2.43. The Morgan fingerprint density at radius 1 is 0.349 bits per heavy atom. The van der Waals surface area contributed by atoms with Crippen molar-refractivity contribution in [2.45, 2.75) is 0 Å². The first-order chi connectivity index (χ1) is 21.3. The molecule has 8 aromatic carbocycles. The smallest absolute Gasteiger partial charge is 0.0625 e. The summed E-state index contributed by atoms with van der Waals surface area (Å²) in [6.07, 6.45) is 0. The van der Waals surface area contributed by atoms with E-state index in [0.717, 1.165) is 5.69 Å². The predicted molar refractivity (Wildman–Crippen MR) is 184 cm³/mol. The van der Waals surface area contributed by atoms with Gasteiger partial charge in [-0.15, -0.1) is 0 Å². The predicted octanol–water partition coefficient (Wildman–Crippen LogP) is 11.6. The van der Waals surface area contributed by atoms with E-state index in [4.69, 9.17) is 0 Å². The average Bonchev–Trinajstić information content (AvgIpc) is 3.42. The molecule has 1 nitrogen and oxygen atoms in total. The summed E-state index contributed by atoms with van der Waals surface area (Å²) in [5, 5.41) is 10.3. The lowest BCUT2D eigenvalue weighted by Crippen LogP contribution is -1.95. The van der Waals surface area contributed by atoms with E-state index in [0.29, 0.717) is 0 Å². The summed E-state index contributed by atoms with van der Waals surface area (Å²) in [7, 11) is 0. The molecule has 0 amide bonds. The number of hydrogen-bond acceptors (Lipinski definition) is 0. The molecule has 0 saturated carbocycles. The van der Waals surface area contributed by atoms with Gasteiger partial charge in [-0.2, -0.15) is 0 Å². The van der Waals surface area contributed by atoms with E-state index in [1.807, 2.05) is 0 Å². The fraction of sp³-hybridized carbons (Fsp3) is 0. The van der Waals surface area contributed by atoms with E-state index in [9.17, 15) is 0 Å². The van der Waals surface area contributed by atoms with Gasteiger partial charge in [-0.25, -0.2) is 0 Å². The van der Waals surface area contributed by atoms with Crippen LogP contribution < -0.4 is 0 Å². The van der Waals surface area contributed by atoms with E-state index >= 15 is 0 Å². The minimum atomic E-state index is 1.16. The molecular formula is C42H27N. The van der Waals surface area contributed by atoms with Crippen LogP contribution in [0.4, 0.5) is 0 Å². The molecule has 0 unspecified atom stereocenters. The van der Waals surface area contributed by atoms with Crippen LogP contribution in [0, 0.1) is 0 Å². The lowest BCUT2D eigenvalue weighted by Gasteiger charge is -2.14. The second kappa shape index (κ2) is 9.44. The van der Waals surface area contributed by atoms with Crippen LogP contribution in [0.15, 0.2) is 164 Å². The molecule has 9 rings (SSSR count). The molecule has 0 spiro atoms. The van der Waals surface area contributed by atoms with Gasteiger partial charge in [0, 0.05) is 21.8 Å². The van der Waals surface area contributed by atoms with Gasteiger partial charge in [-0.1, -0.05) is 140 Å². The Labute approximate surface area is 249 Å². The summed E-state index contributed by atoms with van der Waals surface area (Å²) >= 11 is 0. The molecule has 0 fully saturated rings. The third-order valence-corrected chi connectivity index (χ3v) is 8.95. The lowest BCUT2D eigenvalue weighted by atomic mass is 9.94. The molecule has 43 heavy (non-hydrogen) atoms. The molecule has 1 aromatic heterocycles. The highest BCUT2D eigenvalue weighted by atomic mass is 15.0. The van der Waals surface area contributed by atoms with E-state index in [1.54, 1.807) is 0 Å². The summed E-state index contributed by atoms with van der Waals surface area (Å²) in [6.45, 7) is 0. The standard InChI is InChI=1S/C42H27N/c1-2-12-28(13-3-1)33-16-6-7-17-34(33)29-22-24-32(25-23-29)43-40-27-31-15-5-4-14-30(31)26-39(40)41-37-20-10-8-18-35(37)36-19-9-11-21-38(36)42(41)43/h1-27H. The number of benzene rings is 8. The second-order valence-electron chi connectivity index (χ2n) is 11.3. The molecule has 0 N–H and O–H groups in total. The van der Waals surface area contributed by atoms with E-state index < -0.39 is 0 Å². The zero-order valence-corrected chi connectivity index (χ0v) is 23.5. The van der Waals surface area contributed by atoms with E-state index in [1.165, 1.54) is 76.4 Å². The molecule has 0 saturated heterocycles. The Morgan fingerprint density at radius 2 is 0.860 bits per heavy atom. The number of aromatic nitrogens is 1. The molecule has 1 heteroatoms. The van der Waals surface area contributed by atoms with Gasteiger partial charge in [0.1, 0.15) is 0 Å². The summed E-state index contributed by atoms with van der Waals surface area (Å²) in [4.78, 5) is 0. The van der Waals surface area contributed by atoms with Crippen molar-refractivity contribution in [1.29, 1.82) is 0 Å². The first-order valence-corrected chi connectivity index (χ1v) is 14.9. The van der Waals surface area contributed by atoms with Crippen LogP contribution in [0.25, 0.3) is 82.1 Å². The van der Waals surface area contributed by atoms with Gasteiger partial charge in [-0.3, -0.25) is 0 Å². The number of nitrogens with zero attached hydrogens (tertiary/aromatic N) is 1. The maximum Gasteiger partial charge on any atom is 0.0625 e. The third-order valence-electron chi connectivity index (χ3n) is 8.95. The number of fused-ring (bicyclic) bond motifs is 9. The minimum absolute atomic E-state index is 1.16. The van der Waals surface area contributed by atoms with E-state index in [-0.39, 0.29) is 0 Å². The van der Waals surface area contributed by atoms with Crippen LogP contribution in [0.1, 0.15) is 0 Å². The fourth-order valence-electron chi connectivity index (χ4n) is 7.02. The molecule has 0 bridgehead atoms. The van der Waals surface area contributed by atoms with Crippen molar-refractivity contribution in [1.82, 2.24) is 4.57 Å². The third kappa shape index (κ3) is 3.65. The van der Waals surface area contributed by atoms with Gasteiger partial charge in [-0.05, 0) is 73.5 Å². The first-order valence-electron chi connectivity index (χ1n) is 14.9. The van der Waals surface area contributed by atoms with Crippen LogP contribution in [-0.4, -0.2) is 4.57 Å². The van der Waals surface area contributed by atoms with Gasteiger partial charge in [0.25, 0.3) is 0 Å². The summed E-state index contributed by atoms with van der Waals surface area (Å²) in [5.74, 6) is 0. The zero-order chi connectivity index (χ0) is 28.3. The lowest BCUT2D eigenvalue weighted by molar-refractivity contribution is 1.19. The fourth-order valence-corrected chi connectivity index (χ4v) is 7.02. The Balaban J connectivity index is 1.36. The van der Waals surface area contributed by atoms with Gasteiger partial charge in [0.15, 0.2) is 0 Å². The first kappa shape index (κ1) is 24.0. The Hall–Kier alpha value is -5.66. The molecular weight excluding hydrogens is 518 g/mol. The van der Waals surface area contributed by atoms with Gasteiger partial charge in [0.05, 0.1) is 11.0 Å². The Bertz CT molecular complexity index is 2480. The summed E-state index contributed by atoms with van der Waals surface area (Å²) < 4.78 is 2.48. The highest BCUT2D eigenvalue weighted by molar-refractivity contribution is 6.32. The maximum atomic E-state index is 2.48. The van der Waals surface area contributed by atoms with Crippen molar-refractivity contribution in [3.05, 3.63) is 164 Å². The summed E-state index contributed by atoms with van der Waals surface area (Å²) in [5.41, 5.74) is 8.59. The molecule has 200 valence electrons. The second-order valence-corrected chi connectivity index (χ2v) is 11.3. The molecule has 0 aliphatic heterocycles. The quantitative estimate of drug-likeness (QED) is 0.195. The largest absolute Gasteiger partial charge is 0.309 e. The van der Waals surface area contributed by atoms with Crippen LogP contribution in [0.3, 0.4) is 0 Å². The normalized spacial score (nSPS) is 11.7. The Kier molecular flexibility index (Phi) is 5.27. The molecule has 0 atom stereocenters. The van der Waals surface area contributed by atoms with Crippen molar-refractivity contribution in [2.24, 2.45) is 0 Å². The number of rotatable bonds is 3. The molecule has 1 heterocycles. The average molecular weight is 546 g/mol. The van der Waals surface area contributed by atoms with Crippen molar-refractivity contribution in [2.75, 3.05) is 0 Å². The summed E-state index contributed by atoms with van der Waals surface area (Å²) in [6, 6.07) is 59.7. The monoisotopic (exact) mass is 545 g/mol. The van der Waals surface area contributed by atoms with Crippen molar-refractivity contribution < 1.29 is 0 Å². The number of hydrogen-bond donors (Lipinski definition) is 0. The molecule has 0 radical (unpaired) electrons. The Morgan fingerprint density at radius 3 is 1.56 bits per heavy atom. The SMILES string of the molecule is c1ccc(-c2ccccc2-c2ccc(-n3c4cc5ccccc5cc4c4c5ccccc5c5ccccc5c43)cc2)cc1. The van der Waals surface area contributed by atoms with Crippen molar-refractivity contribution in [3.8, 4) is 27.9 Å². The van der Waals surface area contributed by atoms with Gasteiger partial charge in [0.2, 0.25) is 0 Å². The van der Waals surface area contributed by atoms with Crippen molar-refractivity contribution >= 4 is 54.1 Å². The zero-order valence-electron chi connectivity index (χ0n) is 23.5. The maximum absolute atomic E-state index is 2.48. The molecule has 9 aromatic rings. The molecule has 0 aliphatic carbocycles. The van der Waals surface area contributed by atoms with Crippen LogP contribution in [0.2, 0.25) is 0 Å². The highest BCUT2D eigenvalue weighted by Gasteiger charge is 2.19. The van der Waals surface area contributed by atoms with Crippen molar-refractivity contribution in [3.63, 3.8) is 0 Å². The van der Waals surface area contributed by atoms with Crippen LogP contribution in [-0.2, 0) is 0 Å². The topological polar surface area (TPSA) is 4.93 Å². The van der Waals surface area contributed by atoms with E-state index in [2.05, 4.69) is 168 Å². The van der Waals surface area contributed by atoms with Crippen LogP contribution >= 0.6 is 0 Å². The minimum Gasteiger partial charge on any atom is -0.309 e. The molecule has 0 aliphatic rings. The van der Waals surface area contributed by atoms with Crippen LogP contribution in [0.5, 0.6) is 0 Å². The van der Waals surface area contributed by atoms with Gasteiger partial charge < -0.3 is 4.57 Å².